The van der Waals surface area contributed by atoms with Gasteiger partial charge in [-0.2, -0.15) is 13.2 Å². The molecule has 0 aliphatic heterocycles. The lowest BCUT2D eigenvalue weighted by molar-refractivity contribution is -0.137. The number of aromatic nitrogens is 4. The van der Waals surface area contributed by atoms with Crippen molar-refractivity contribution >= 4 is 16.9 Å². The molecule has 0 bridgehead atoms. The van der Waals surface area contributed by atoms with E-state index in [4.69, 9.17) is 10.2 Å². The number of benzene rings is 2. The Labute approximate surface area is 172 Å². The topological polar surface area (TPSA) is 109 Å². The van der Waals surface area contributed by atoms with Gasteiger partial charge >= 0.3 is 17.9 Å². The number of imidazole rings is 1. The summed E-state index contributed by atoms with van der Waals surface area (Å²) in [5.74, 6) is -0.701. The Hall–Kier alpha value is -4.15. The Morgan fingerprint density at radius 2 is 1.65 bits per heavy atom. The predicted octanol–water partition coefficient (Wildman–Crippen LogP) is 2.77. The maximum absolute atomic E-state index is 13.2. The molecule has 0 unspecified atom stereocenters. The number of nitrogens with zero attached hydrogens (tertiary/aromatic N) is 4. The highest BCUT2D eigenvalue weighted by atomic mass is 19.4. The van der Waals surface area contributed by atoms with Gasteiger partial charge in [-0.05, 0) is 36.4 Å². The van der Waals surface area contributed by atoms with Crippen molar-refractivity contribution in [3.63, 3.8) is 0 Å². The van der Waals surface area contributed by atoms with Crippen LogP contribution >= 0.6 is 0 Å². The van der Waals surface area contributed by atoms with E-state index in [-0.39, 0.29) is 29.6 Å². The van der Waals surface area contributed by atoms with Gasteiger partial charge in [0.25, 0.3) is 0 Å². The molecule has 0 fully saturated rings. The number of para-hydroxylation sites is 2. The summed E-state index contributed by atoms with van der Waals surface area (Å²) in [5, 5.41) is 7.66. The molecule has 0 radical (unpaired) electrons. The fourth-order valence-electron chi connectivity index (χ4n) is 3.06. The van der Waals surface area contributed by atoms with Gasteiger partial charge in [-0.15, -0.1) is 5.10 Å². The van der Waals surface area contributed by atoms with Crippen LogP contribution < -0.4 is 11.4 Å². The number of primary amides is 1. The first-order chi connectivity index (χ1) is 14.7. The molecule has 0 spiro atoms. The summed E-state index contributed by atoms with van der Waals surface area (Å²) in [6.07, 6.45) is -4.58. The van der Waals surface area contributed by atoms with Crippen LogP contribution in [0.15, 0.2) is 69.9 Å². The third-order valence-corrected chi connectivity index (χ3v) is 4.56. The van der Waals surface area contributed by atoms with E-state index in [9.17, 15) is 22.8 Å². The van der Waals surface area contributed by atoms with Gasteiger partial charge in [0.15, 0.2) is 0 Å². The Bertz CT molecular complexity index is 1360. The molecular weight excluding hydrogens is 415 g/mol. The van der Waals surface area contributed by atoms with E-state index in [0.29, 0.717) is 11.0 Å². The van der Waals surface area contributed by atoms with Crippen molar-refractivity contribution in [1.29, 1.82) is 0 Å². The smallest absolute Gasteiger partial charge is 0.407 e. The van der Waals surface area contributed by atoms with Gasteiger partial charge in [0.2, 0.25) is 11.8 Å². The number of alkyl halides is 3. The molecule has 4 aromatic rings. The zero-order chi connectivity index (χ0) is 22.3. The molecule has 0 saturated carbocycles. The molecule has 0 aliphatic carbocycles. The van der Waals surface area contributed by atoms with Crippen molar-refractivity contribution in [2.45, 2.75) is 12.6 Å². The number of carbonyl (C=O) groups excluding carboxylic acids is 1. The molecular formula is C20H14F3N5O3. The number of halogens is 3. The molecule has 0 atom stereocenters. The summed E-state index contributed by atoms with van der Waals surface area (Å²) in [5.41, 5.74) is 4.80. The van der Waals surface area contributed by atoms with E-state index in [1.165, 1.54) is 16.7 Å². The monoisotopic (exact) mass is 429 g/mol. The molecule has 11 heteroatoms. The number of carbonyl (C=O) groups is 1. The third-order valence-electron chi connectivity index (χ3n) is 4.56. The van der Waals surface area contributed by atoms with Gasteiger partial charge < -0.3 is 10.2 Å². The van der Waals surface area contributed by atoms with Gasteiger partial charge in [0.1, 0.15) is 0 Å². The molecule has 158 valence electrons. The van der Waals surface area contributed by atoms with Crippen LogP contribution in [-0.4, -0.2) is 25.2 Å². The molecule has 2 aromatic heterocycles. The van der Waals surface area contributed by atoms with Gasteiger partial charge in [-0.3, -0.25) is 9.36 Å². The number of rotatable bonds is 5. The van der Waals surface area contributed by atoms with Crippen LogP contribution in [0.25, 0.3) is 22.7 Å². The van der Waals surface area contributed by atoms with E-state index in [1.54, 1.807) is 24.3 Å². The SMILES string of the molecule is C=C(Cc1nnc(-n2c(=O)n(-c3ccc(C(F)(F)F)cc3)c3ccccc32)o1)C(N)=O. The molecule has 0 aliphatic rings. The normalized spacial score (nSPS) is 11.7. The van der Waals surface area contributed by atoms with Crippen LogP contribution in [0, 0.1) is 0 Å². The number of fused-ring (bicyclic) bond motifs is 1. The van der Waals surface area contributed by atoms with E-state index in [1.807, 2.05) is 0 Å². The molecule has 4 rings (SSSR count). The minimum absolute atomic E-state index is 0.0251. The summed E-state index contributed by atoms with van der Waals surface area (Å²) < 4.78 is 46.5. The number of hydrogen-bond donors (Lipinski definition) is 1. The second kappa shape index (κ2) is 7.27. The number of amides is 1. The summed E-state index contributed by atoms with van der Waals surface area (Å²) in [7, 11) is 0. The average Bonchev–Trinajstić information content (AvgIpc) is 3.28. The van der Waals surface area contributed by atoms with Crippen molar-refractivity contribution in [1.82, 2.24) is 19.3 Å². The second-order valence-corrected chi connectivity index (χ2v) is 6.61. The van der Waals surface area contributed by atoms with Crippen LogP contribution in [0.3, 0.4) is 0 Å². The molecule has 31 heavy (non-hydrogen) atoms. The van der Waals surface area contributed by atoms with E-state index in [0.717, 1.165) is 16.7 Å². The summed E-state index contributed by atoms with van der Waals surface area (Å²) >= 11 is 0. The fraction of sp³-hybridized carbons (Fsp3) is 0.100. The van der Waals surface area contributed by atoms with Crippen molar-refractivity contribution < 1.29 is 22.4 Å². The van der Waals surface area contributed by atoms with Crippen LogP contribution in [0.4, 0.5) is 13.2 Å². The van der Waals surface area contributed by atoms with E-state index >= 15 is 0 Å². The maximum atomic E-state index is 13.2. The highest BCUT2D eigenvalue weighted by Crippen LogP contribution is 2.30. The zero-order valence-electron chi connectivity index (χ0n) is 15.8. The molecule has 2 heterocycles. The Kier molecular flexibility index (Phi) is 4.72. The van der Waals surface area contributed by atoms with Crippen LogP contribution in [0.2, 0.25) is 0 Å². The lowest BCUT2D eigenvalue weighted by Crippen LogP contribution is -2.22. The quantitative estimate of drug-likeness (QED) is 0.491. The first-order valence-corrected chi connectivity index (χ1v) is 8.87. The molecule has 2 N–H and O–H groups in total. The minimum atomic E-state index is -4.49. The van der Waals surface area contributed by atoms with Crippen LogP contribution in [0.5, 0.6) is 0 Å². The fourth-order valence-corrected chi connectivity index (χ4v) is 3.06. The largest absolute Gasteiger partial charge is 0.416 e. The maximum Gasteiger partial charge on any atom is 0.416 e. The zero-order valence-corrected chi connectivity index (χ0v) is 15.8. The third kappa shape index (κ3) is 3.61. The molecule has 2 aromatic carbocycles. The number of hydrogen-bond acceptors (Lipinski definition) is 5. The van der Waals surface area contributed by atoms with Gasteiger partial charge in [-0.1, -0.05) is 23.8 Å². The van der Waals surface area contributed by atoms with E-state index in [2.05, 4.69) is 16.8 Å². The predicted molar refractivity (Wildman–Crippen MR) is 104 cm³/mol. The minimum Gasteiger partial charge on any atom is -0.407 e. The highest BCUT2D eigenvalue weighted by Gasteiger charge is 2.30. The summed E-state index contributed by atoms with van der Waals surface area (Å²) in [4.78, 5) is 24.4. The molecule has 0 saturated heterocycles. The van der Waals surface area contributed by atoms with Gasteiger partial charge in [0, 0.05) is 5.57 Å². The van der Waals surface area contributed by atoms with Crippen molar-refractivity contribution in [2.24, 2.45) is 5.73 Å². The molecule has 1 amide bonds. The Balaban J connectivity index is 1.84. The summed E-state index contributed by atoms with van der Waals surface area (Å²) in [6, 6.07) is 10.7. The second-order valence-electron chi connectivity index (χ2n) is 6.61. The Morgan fingerprint density at radius 1 is 1.03 bits per heavy atom. The van der Waals surface area contributed by atoms with Gasteiger partial charge in [-0.25, -0.2) is 9.36 Å². The van der Waals surface area contributed by atoms with Crippen LogP contribution in [0.1, 0.15) is 11.5 Å². The lowest BCUT2D eigenvalue weighted by atomic mass is 10.2. The van der Waals surface area contributed by atoms with Gasteiger partial charge in [0.05, 0.1) is 28.7 Å². The lowest BCUT2D eigenvalue weighted by Gasteiger charge is -2.08. The number of nitrogens with two attached hydrogens (primary N) is 1. The first-order valence-electron chi connectivity index (χ1n) is 8.87. The van der Waals surface area contributed by atoms with Crippen molar-refractivity contribution in [3.8, 4) is 11.7 Å². The standard InChI is InChI=1S/C20H14F3N5O3/c1-11(17(24)29)10-16-25-26-18(31-16)28-15-5-3-2-4-14(15)27(19(28)30)13-8-6-12(7-9-13)20(21,22)23/h2-9H,1,10H2,(H2,24,29). The Morgan fingerprint density at radius 3 is 2.23 bits per heavy atom. The van der Waals surface area contributed by atoms with Crippen molar-refractivity contribution in [3.05, 3.63) is 82.6 Å². The summed E-state index contributed by atoms with van der Waals surface area (Å²) in [6.45, 7) is 3.51. The van der Waals surface area contributed by atoms with Crippen molar-refractivity contribution in [2.75, 3.05) is 0 Å². The van der Waals surface area contributed by atoms with Crippen LogP contribution in [-0.2, 0) is 17.4 Å². The first kappa shape index (κ1) is 20.1. The molecule has 8 nitrogen and oxygen atoms in total. The average molecular weight is 429 g/mol. The van der Waals surface area contributed by atoms with E-state index < -0.39 is 23.3 Å². The highest BCUT2D eigenvalue weighted by molar-refractivity contribution is 5.91.